The molecule has 0 aromatic heterocycles. The lowest BCUT2D eigenvalue weighted by Gasteiger charge is -2.29. The van der Waals surface area contributed by atoms with Gasteiger partial charge in [-0.15, -0.1) is 0 Å². The van der Waals surface area contributed by atoms with Crippen molar-refractivity contribution in [2.45, 2.75) is 56.2 Å². The molecule has 1 aliphatic rings. The molecule has 0 heterocycles. The van der Waals surface area contributed by atoms with Gasteiger partial charge in [0.25, 0.3) is 0 Å². The first-order valence-electron chi connectivity index (χ1n) is 7.94. The summed E-state index contributed by atoms with van der Waals surface area (Å²) in [7, 11) is -2.88. The Morgan fingerprint density at radius 2 is 1.95 bits per heavy atom. The van der Waals surface area contributed by atoms with E-state index in [1.165, 1.54) is 11.8 Å². The van der Waals surface area contributed by atoms with E-state index in [4.69, 9.17) is 0 Å². The van der Waals surface area contributed by atoms with E-state index in [9.17, 15) is 8.42 Å². The van der Waals surface area contributed by atoms with Gasteiger partial charge in [0.2, 0.25) is 0 Å². The molecule has 1 aromatic carbocycles. The second-order valence-corrected chi connectivity index (χ2v) is 8.70. The van der Waals surface area contributed by atoms with Gasteiger partial charge in [-0.3, -0.25) is 0 Å². The highest BCUT2D eigenvalue weighted by atomic mass is 32.2. The van der Waals surface area contributed by atoms with Crippen LogP contribution in [0.1, 0.15) is 50.5 Å². The molecule has 0 aliphatic heterocycles. The monoisotopic (exact) mass is 309 g/mol. The Morgan fingerprint density at radius 3 is 2.62 bits per heavy atom. The molecule has 1 N–H and O–H groups in total. The van der Waals surface area contributed by atoms with Crippen LogP contribution in [0.25, 0.3) is 0 Å². The van der Waals surface area contributed by atoms with E-state index < -0.39 is 9.84 Å². The molecule has 1 saturated carbocycles. The molecule has 0 radical (unpaired) electrons. The minimum atomic E-state index is -2.88. The van der Waals surface area contributed by atoms with Gasteiger partial charge in [-0.05, 0) is 43.7 Å². The highest BCUT2D eigenvalue weighted by Gasteiger charge is 2.28. The normalized spacial score (nSPS) is 24.7. The second kappa shape index (κ2) is 7.41. The van der Waals surface area contributed by atoms with Gasteiger partial charge in [-0.1, -0.05) is 43.7 Å². The number of rotatable bonds is 6. The van der Waals surface area contributed by atoms with Gasteiger partial charge >= 0.3 is 0 Å². The van der Waals surface area contributed by atoms with Crippen molar-refractivity contribution in [3.63, 3.8) is 0 Å². The summed E-state index contributed by atoms with van der Waals surface area (Å²) in [5.41, 5.74) is 1.37. The van der Waals surface area contributed by atoms with Crippen molar-refractivity contribution in [2.75, 3.05) is 12.8 Å². The molecule has 2 rings (SSSR count). The summed E-state index contributed by atoms with van der Waals surface area (Å²) in [4.78, 5) is 0. The molecule has 3 unspecified atom stereocenters. The fourth-order valence-corrected chi connectivity index (χ4v) is 4.35. The number of hydrogen-bond acceptors (Lipinski definition) is 3. The van der Waals surface area contributed by atoms with Crippen LogP contribution in [0.15, 0.2) is 30.3 Å². The minimum Gasteiger partial charge on any atom is -0.314 e. The van der Waals surface area contributed by atoms with Crippen LogP contribution in [0.4, 0.5) is 0 Å². The Labute approximate surface area is 129 Å². The van der Waals surface area contributed by atoms with Crippen molar-refractivity contribution in [1.29, 1.82) is 0 Å². The van der Waals surface area contributed by atoms with Crippen LogP contribution >= 0.6 is 0 Å². The predicted octanol–water partition coefficient (Wildman–Crippen LogP) is 3.13. The lowest BCUT2D eigenvalue weighted by molar-refractivity contribution is 0.367. The highest BCUT2D eigenvalue weighted by molar-refractivity contribution is 7.91. The van der Waals surface area contributed by atoms with E-state index in [0.717, 1.165) is 38.6 Å². The van der Waals surface area contributed by atoms with Crippen molar-refractivity contribution in [3.05, 3.63) is 35.9 Å². The van der Waals surface area contributed by atoms with Crippen LogP contribution < -0.4 is 5.32 Å². The molecule has 1 fully saturated rings. The first-order chi connectivity index (χ1) is 9.97. The maximum atomic E-state index is 11.7. The van der Waals surface area contributed by atoms with E-state index in [1.54, 1.807) is 0 Å². The van der Waals surface area contributed by atoms with Crippen LogP contribution in [0.3, 0.4) is 0 Å². The summed E-state index contributed by atoms with van der Waals surface area (Å²) in [6.45, 7) is 3.20. The van der Waals surface area contributed by atoms with Gasteiger partial charge in [0.05, 0.1) is 5.25 Å². The zero-order valence-corrected chi connectivity index (χ0v) is 13.9. The smallest absolute Gasteiger partial charge is 0.150 e. The molecule has 3 atom stereocenters. The zero-order valence-electron chi connectivity index (χ0n) is 13.1. The maximum absolute atomic E-state index is 11.7. The molecular formula is C17H27NO2S. The van der Waals surface area contributed by atoms with Gasteiger partial charge in [-0.25, -0.2) is 8.42 Å². The molecule has 0 saturated heterocycles. The topological polar surface area (TPSA) is 46.2 Å². The van der Waals surface area contributed by atoms with E-state index in [1.807, 2.05) is 6.07 Å². The van der Waals surface area contributed by atoms with E-state index in [2.05, 4.69) is 36.5 Å². The Kier molecular flexibility index (Phi) is 5.82. The third-order valence-corrected chi connectivity index (χ3v) is 6.25. The van der Waals surface area contributed by atoms with E-state index in [-0.39, 0.29) is 5.25 Å². The van der Waals surface area contributed by atoms with Crippen LogP contribution in [0.2, 0.25) is 0 Å². The molecule has 0 spiro atoms. The molecule has 3 nitrogen and oxygen atoms in total. The SMILES string of the molecule is CC(CCNC1CCCC(S(C)(=O)=O)C1)c1ccccc1. The molecule has 21 heavy (non-hydrogen) atoms. The maximum Gasteiger partial charge on any atom is 0.150 e. The minimum absolute atomic E-state index is 0.143. The van der Waals surface area contributed by atoms with Crippen molar-refractivity contribution < 1.29 is 8.42 Å². The second-order valence-electron chi connectivity index (χ2n) is 6.37. The Bertz CT molecular complexity index is 527. The van der Waals surface area contributed by atoms with Gasteiger partial charge in [-0.2, -0.15) is 0 Å². The summed E-state index contributed by atoms with van der Waals surface area (Å²) in [6.07, 6.45) is 6.19. The summed E-state index contributed by atoms with van der Waals surface area (Å²) in [5.74, 6) is 0.535. The average molecular weight is 309 g/mol. The predicted molar refractivity (Wildman–Crippen MR) is 88.4 cm³/mol. The molecule has 118 valence electrons. The molecule has 0 bridgehead atoms. The van der Waals surface area contributed by atoms with Gasteiger partial charge in [0.15, 0.2) is 0 Å². The Balaban J connectivity index is 1.76. The number of benzene rings is 1. The largest absolute Gasteiger partial charge is 0.314 e. The van der Waals surface area contributed by atoms with Gasteiger partial charge in [0, 0.05) is 12.3 Å². The van der Waals surface area contributed by atoms with E-state index >= 15 is 0 Å². The highest BCUT2D eigenvalue weighted by Crippen LogP contribution is 2.24. The first-order valence-corrected chi connectivity index (χ1v) is 9.89. The summed E-state index contributed by atoms with van der Waals surface area (Å²) in [6, 6.07) is 10.9. The molecular weight excluding hydrogens is 282 g/mol. The Morgan fingerprint density at radius 1 is 1.24 bits per heavy atom. The van der Waals surface area contributed by atoms with E-state index in [0.29, 0.717) is 12.0 Å². The number of hydrogen-bond donors (Lipinski definition) is 1. The lowest BCUT2D eigenvalue weighted by atomic mass is 9.94. The van der Waals surface area contributed by atoms with Crippen molar-refractivity contribution in [3.8, 4) is 0 Å². The average Bonchev–Trinajstić information content (AvgIpc) is 2.47. The zero-order chi connectivity index (χ0) is 15.3. The van der Waals surface area contributed by atoms with Crippen molar-refractivity contribution in [1.82, 2.24) is 5.32 Å². The van der Waals surface area contributed by atoms with Gasteiger partial charge in [0.1, 0.15) is 9.84 Å². The Hall–Kier alpha value is -0.870. The van der Waals surface area contributed by atoms with Crippen LogP contribution in [-0.4, -0.2) is 32.5 Å². The molecule has 1 aromatic rings. The molecule has 0 amide bonds. The number of sulfone groups is 1. The fraction of sp³-hybridized carbons (Fsp3) is 0.647. The van der Waals surface area contributed by atoms with Crippen LogP contribution in [0.5, 0.6) is 0 Å². The van der Waals surface area contributed by atoms with Gasteiger partial charge < -0.3 is 5.32 Å². The summed E-state index contributed by atoms with van der Waals surface area (Å²) >= 11 is 0. The third kappa shape index (κ3) is 5.11. The summed E-state index contributed by atoms with van der Waals surface area (Å²) in [5, 5.41) is 3.42. The molecule has 4 heteroatoms. The molecule has 1 aliphatic carbocycles. The fourth-order valence-electron chi connectivity index (χ4n) is 3.17. The van der Waals surface area contributed by atoms with Crippen LogP contribution in [-0.2, 0) is 9.84 Å². The lowest BCUT2D eigenvalue weighted by Crippen LogP contribution is -2.39. The standard InChI is InChI=1S/C17H27NO2S/c1-14(15-7-4-3-5-8-15)11-12-18-16-9-6-10-17(13-16)21(2,19)20/h3-5,7-8,14,16-18H,6,9-13H2,1-2H3. The number of nitrogens with one attached hydrogen (secondary N) is 1. The third-order valence-electron chi connectivity index (χ3n) is 4.61. The first kappa shape index (κ1) is 16.5. The summed E-state index contributed by atoms with van der Waals surface area (Å²) < 4.78 is 23.3. The van der Waals surface area contributed by atoms with Crippen LogP contribution in [0, 0.1) is 0 Å². The quantitative estimate of drug-likeness (QED) is 0.878. The van der Waals surface area contributed by atoms with Crippen molar-refractivity contribution in [2.24, 2.45) is 0 Å². The van der Waals surface area contributed by atoms with Crippen molar-refractivity contribution >= 4 is 9.84 Å².